The summed E-state index contributed by atoms with van der Waals surface area (Å²) in [5, 5.41) is 3.35. The third-order valence-electron chi connectivity index (χ3n) is 2.59. The van der Waals surface area contributed by atoms with Gasteiger partial charge in [0.2, 0.25) is 0 Å². The fraction of sp³-hybridized carbons (Fsp3) is 0.571. The Bertz CT molecular complexity index is 469. The molecule has 0 saturated heterocycles. The average Bonchev–Trinajstić information content (AvgIpc) is 2.43. The first-order chi connectivity index (χ1) is 10.4. The number of thiol groups is 1. The molecule has 3 N–H and O–H groups in total. The van der Waals surface area contributed by atoms with Gasteiger partial charge >= 0.3 is 10.4 Å². The van der Waals surface area contributed by atoms with Gasteiger partial charge in [-0.3, -0.25) is 9.11 Å². The zero-order valence-electron chi connectivity index (χ0n) is 12.7. The third-order valence-corrected chi connectivity index (χ3v) is 2.82. The van der Waals surface area contributed by atoms with E-state index in [9.17, 15) is 0 Å². The highest BCUT2D eigenvalue weighted by atomic mass is 32.3. The highest BCUT2D eigenvalue weighted by Gasteiger charge is 1.95. The maximum absolute atomic E-state index is 8.74. The Balaban J connectivity index is 0.000000763. The minimum Gasteiger partial charge on any atom is -0.494 e. The summed E-state index contributed by atoms with van der Waals surface area (Å²) >= 11 is 4.16. The molecule has 6 nitrogen and oxygen atoms in total. The van der Waals surface area contributed by atoms with Crippen LogP contribution in [0.5, 0.6) is 5.75 Å². The molecule has 0 fully saturated rings. The molecule has 0 aliphatic heterocycles. The summed E-state index contributed by atoms with van der Waals surface area (Å²) in [4.78, 5) is 0. The summed E-state index contributed by atoms with van der Waals surface area (Å²) < 4.78 is 37.0. The van der Waals surface area contributed by atoms with Crippen molar-refractivity contribution in [3.05, 3.63) is 29.8 Å². The fourth-order valence-electron chi connectivity index (χ4n) is 1.70. The Morgan fingerprint density at radius 2 is 1.73 bits per heavy atom. The molecular formula is C14H25NO5S2. The lowest BCUT2D eigenvalue weighted by Crippen LogP contribution is -2.17. The van der Waals surface area contributed by atoms with Gasteiger partial charge in [-0.1, -0.05) is 12.1 Å². The first-order valence-corrected chi connectivity index (χ1v) is 9.13. The molecule has 1 rings (SSSR count). The lowest BCUT2D eigenvalue weighted by atomic mass is 10.1. The molecule has 0 amide bonds. The van der Waals surface area contributed by atoms with Gasteiger partial charge in [0.05, 0.1) is 6.61 Å². The molecule has 22 heavy (non-hydrogen) atoms. The van der Waals surface area contributed by atoms with Crippen molar-refractivity contribution < 1.29 is 22.3 Å². The van der Waals surface area contributed by atoms with Gasteiger partial charge in [-0.2, -0.15) is 21.0 Å². The van der Waals surface area contributed by atoms with Crippen molar-refractivity contribution in [3.8, 4) is 5.75 Å². The Hall–Kier alpha value is -0.800. The normalized spacial score (nSPS) is 10.7. The molecule has 0 heterocycles. The number of nitrogens with one attached hydrogen (secondary N) is 1. The molecular weight excluding hydrogens is 326 g/mol. The van der Waals surface area contributed by atoms with Gasteiger partial charge in [-0.25, -0.2) is 0 Å². The molecule has 0 aliphatic rings. The number of ether oxygens (including phenoxy) is 1. The summed E-state index contributed by atoms with van der Waals surface area (Å²) in [6.07, 6.45) is 3.60. The smallest absolute Gasteiger partial charge is 0.394 e. The van der Waals surface area contributed by atoms with E-state index in [1.54, 1.807) is 0 Å². The van der Waals surface area contributed by atoms with Crippen molar-refractivity contribution in [1.82, 2.24) is 5.32 Å². The van der Waals surface area contributed by atoms with E-state index in [4.69, 9.17) is 22.3 Å². The van der Waals surface area contributed by atoms with Crippen molar-refractivity contribution >= 4 is 23.0 Å². The Morgan fingerprint density at radius 3 is 2.23 bits per heavy atom. The van der Waals surface area contributed by atoms with E-state index in [0.29, 0.717) is 0 Å². The van der Waals surface area contributed by atoms with Gasteiger partial charge in [0, 0.05) is 12.3 Å². The molecule has 0 unspecified atom stereocenters. The molecule has 1 aromatic rings. The second-order valence-corrected chi connectivity index (χ2v) is 5.80. The van der Waals surface area contributed by atoms with Crippen LogP contribution >= 0.6 is 12.6 Å². The summed E-state index contributed by atoms with van der Waals surface area (Å²) in [7, 11) is -4.67. The predicted octanol–water partition coefficient (Wildman–Crippen LogP) is 2.27. The van der Waals surface area contributed by atoms with Gasteiger partial charge < -0.3 is 10.1 Å². The Kier molecular flexibility index (Phi) is 12.3. The number of rotatable bonds is 9. The van der Waals surface area contributed by atoms with Crippen LogP contribution in [-0.4, -0.2) is 43.0 Å². The summed E-state index contributed by atoms with van der Waals surface area (Å²) in [6.45, 7) is 4.84. The van der Waals surface area contributed by atoms with Crippen LogP contribution in [0.25, 0.3) is 0 Å². The Morgan fingerprint density at radius 1 is 1.14 bits per heavy atom. The minimum absolute atomic E-state index is 0.732. The zero-order valence-corrected chi connectivity index (χ0v) is 14.4. The standard InChI is InChI=1S/C14H23NOS.H2O4S/c1-2-16-14-8-6-13(7-9-14)5-3-4-10-15-11-12-17;1-5(2,3)4/h6-9,15,17H,2-5,10-12H2,1H3;(H2,1,2,3,4). The van der Waals surface area contributed by atoms with Crippen LogP contribution in [0.4, 0.5) is 0 Å². The topological polar surface area (TPSA) is 95.9 Å². The molecule has 0 aromatic heterocycles. The number of aryl methyl sites for hydroxylation is 1. The predicted molar refractivity (Wildman–Crippen MR) is 91.4 cm³/mol. The first-order valence-electron chi connectivity index (χ1n) is 7.10. The van der Waals surface area contributed by atoms with Gasteiger partial charge in [0.1, 0.15) is 5.75 Å². The van der Waals surface area contributed by atoms with E-state index in [1.807, 2.05) is 6.92 Å². The van der Waals surface area contributed by atoms with E-state index in [1.165, 1.54) is 18.4 Å². The highest BCUT2D eigenvalue weighted by molar-refractivity contribution is 7.80. The van der Waals surface area contributed by atoms with Crippen LogP contribution < -0.4 is 10.1 Å². The molecule has 0 aliphatic carbocycles. The van der Waals surface area contributed by atoms with Gasteiger partial charge in [0.15, 0.2) is 0 Å². The molecule has 8 heteroatoms. The van der Waals surface area contributed by atoms with Crippen molar-refractivity contribution in [2.75, 3.05) is 25.4 Å². The van der Waals surface area contributed by atoms with Crippen molar-refractivity contribution in [3.63, 3.8) is 0 Å². The number of hydrogen-bond acceptors (Lipinski definition) is 5. The van der Waals surface area contributed by atoms with Crippen LogP contribution in [0.2, 0.25) is 0 Å². The van der Waals surface area contributed by atoms with Gasteiger partial charge in [-0.15, -0.1) is 0 Å². The van der Waals surface area contributed by atoms with Gasteiger partial charge in [-0.05, 0) is 50.4 Å². The molecule has 128 valence electrons. The number of benzene rings is 1. The van der Waals surface area contributed by atoms with Crippen LogP contribution in [-0.2, 0) is 16.8 Å². The SMILES string of the molecule is CCOc1ccc(CCCCNCCS)cc1.O=S(=O)(O)O. The van der Waals surface area contributed by atoms with Crippen molar-refractivity contribution in [2.24, 2.45) is 0 Å². The quantitative estimate of drug-likeness (QED) is 0.310. The number of unbranched alkanes of at least 4 members (excludes halogenated alkanes) is 1. The number of hydrogen-bond donors (Lipinski definition) is 4. The maximum Gasteiger partial charge on any atom is 0.394 e. The van der Waals surface area contributed by atoms with Gasteiger partial charge in [0.25, 0.3) is 0 Å². The monoisotopic (exact) mass is 351 g/mol. The summed E-state index contributed by atoms with van der Waals surface area (Å²) in [6, 6.07) is 8.42. The molecule has 0 bridgehead atoms. The van der Waals surface area contributed by atoms with Crippen molar-refractivity contribution in [2.45, 2.75) is 26.2 Å². The Labute approximate surface area is 138 Å². The maximum atomic E-state index is 8.74. The first kappa shape index (κ1) is 21.2. The van der Waals surface area contributed by atoms with Crippen LogP contribution in [0.3, 0.4) is 0 Å². The highest BCUT2D eigenvalue weighted by Crippen LogP contribution is 2.13. The molecule has 1 aromatic carbocycles. The largest absolute Gasteiger partial charge is 0.494 e. The van der Waals surface area contributed by atoms with E-state index in [2.05, 4.69) is 42.2 Å². The van der Waals surface area contributed by atoms with E-state index < -0.39 is 10.4 Å². The molecule has 0 spiro atoms. The zero-order chi connectivity index (χ0) is 16.8. The molecule has 0 saturated carbocycles. The lowest BCUT2D eigenvalue weighted by molar-refractivity contribution is 0.340. The van der Waals surface area contributed by atoms with Crippen LogP contribution in [0, 0.1) is 0 Å². The summed E-state index contributed by atoms with van der Waals surface area (Å²) in [5.41, 5.74) is 1.39. The van der Waals surface area contributed by atoms with Crippen LogP contribution in [0.15, 0.2) is 24.3 Å². The molecule has 0 atom stereocenters. The summed E-state index contributed by atoms with van der Waals surface area (Å²) in [5.74, 6) is 1.88. The lowest BCUT2D eigenvalue weighted by Gasteiger charge is -2.05. The fourth-order valence-corrected chi connectivity index (χ4v) is 1.86. The average molecular weight is 351 g/mol. The second-order valence-electron chi connectivity index (χ2n) is 4.46. The minimum atomic E-state index is -4.67. The third kappa shape index (κ3) is 15.6. The van der Waals surface area contributed by atoms with Crippen molar-refractivity contribution in [1.29, 1.82) is 0 Å². The van der Waals surface area contributed by atoms with E-state index >= 15 is 0 Å². The van der Waals surface area contributed by atoms with E-state index in [-0.39, 0.29) is 0 Å². The second kappa shape index (κ2) is 12.7. The molecule has 0 radical (unpaired) electrons. The van der Waals surface area contributed by atoms with E-state index in [0.717, 1.165) is 37.6 Å². The van der Waals surface area contributed by atoms with Crippen LogP contribution in [0.1, 0.15) is 25.3 Å².